The molecule has 1 aromatic carbocycles. The molecule has 0 aromatic heterocycles. The third-order valence-electron chi connectivity index (χ3n) is 6.22. The molecule has 2 unspecified atom stereocenters. The molecule has 0 saturated carbocycles. The van der Waals surface area contributed by atoms with Gasteiger partial charge in [-0.1, -0.05) is 27.7 Å². The Labute approximate surface area is 215 Å². The number of aliphatic carboxylic acids is 1. The van der Waals surface area contributed by atoms with Crippen molar-refractivity contribution < 1.29 is 39.1 Å². The lowest BCUT2D eigenvalue weighted by atomic mass is 9.73. The first kappa shape index (κ1) is 29.8. The predicted octanol–water partition coefficient (Wildman–Crippen LogP) is -0.601. The Morgan fingerprint density at radius 2 is 1.51 bits per heavy atom. The molecule has 1 heterocycles. The van der Waals surface area contributed by atoms with Crippen LogP contribution >= 0.6 is 0 Å². The SMILES string of the molecule is CC(C)C(NC(=O)c1ccc(C(=O)NCC(=O)O)cc1)C(=O)N1CCCC1C(=O)N[C@H](B(O)O)C(C)C. The van der Waals surface area contributed by atoms with Gasteiger partial charge in [0, 0.05) is 17.7 Å². The molecule has 1 saturated heterocycles. The fraction of sp³-hybridized carbons (Fsp3) is 0.542. The quantitative estimate of drug-likeness (QED) is 0.210. The Kier molecular flexibility index (Phi) is 10.6. The van der Waals surface area contributed by atoms with Gasteiger partial charge in [-0.25, -0.2) is 0 Å². The van der Waals surface area contributed by atoms with Crippen LogP contribution in [0.25, 0.3) is 0 Å². The van der Waals surface area contributed by atoms with E-state index in [1.165, 1.54) is 29.2 Å². The van der Waals surface area contributed by atoms with E-state index in [-0.39, 0.29) is 23.0 Å². The van der Waals surface area contributed by atoms with E-state index in [0.717, 1.165) is 0 Å². The summed E-state index contributed by atoms with van der Waals surface area (Å²) in [7, 11) is -1.74. The van der Waals surface area contributed by atoms with E-state index >= 15 is 0 Å². The van der Waals surface area contributed by atoms with Crippen molar-refractivity contribution in [1.82, 2.24) is 20.9 Å². The summed E-state index contributed by atoms with van der Waals surface area (Å²) in [4.78, 5) is 63.2. The molecule has 0 radical (unpaired) electrons. The van der Waals surface area contributed by atoms with Gasteiger partial charge in [-0.05, 0) is 48.9 Å². The molecule has 2 rings (SSSR count). The molecule has 37 heavy (non-hydrogen) atoms. The van der Waals surface area contributed by atoms with E-state index in [9.17, 15) is 34.0 Å². The lowest BCUT2D eigenvalue weighted by Gasteiger charge is -2.32. The van der Waals surface area contributed by atoms with Gasteiger partial charge in [0.2, 0.25) is 11.8 Å². The second-order valence-corrected chi connectivity index (χ2v) is 9.73. The van der Waals surface area contributed by atoms with Crippen LogP contribution in [0.1, 0.15) is 61.3 Å². The third kappa shape index (κ3) is 8.02. The number of carboxylic acid groups (broad SMARTS) is 1. The second-order valence-electron chi connectivity index (χ2n) is 9.73. The number of benzene rings is 1. The fourth-order valence-corrected chi connectivity index (χ4v) is 4.10. The molecule has 0 spiro atoms. The highest BCUT2D eigenvalue weighted by Gasteiger charge is 2.40. The van der Waals surface area contributed by atoms with E-state index in [1.54, 1.807) is 27.7 Å². The van der Waals surface area contributed by atoms with Gasteiger partial charge in [-0.2, -0.15) is 0 Å². The second kappa shape index (κ2) is 13.2. The Bertz CT molecular complexity index is 991. The van der Waals surface area contributed by atoms with Gasteiger partial charge >= 0.3 is 13.1 Å². The summed E-state index contributed by atoms with van der Waals surface area (Å²) in [5.74, 6) is -4.67. The molecular formula is C24H35BN4O8. The molecular weight excluding hydrogens is 483 g/mol. The van der Waals surface area contributed by atoms with Crippen molar-refractivity contribution in [3.05, 3.63) is 35.4 Å². The van der Waals surface area contributed by atoms with Crippen molar-refractivity contribution >= 4 is 36.7 Å². The van der Waals surface area contributed by atoms with Crippen molar-refractivity contribution in [3.63, 3.8) is 0 Å². The van der Waals surface area contributed by atoms with Crippen LogP contribution in [-0.2, 0) is 14.4 Å². The number of rotatable bonds is 11. The summed E-state index contributed by atoms with van der Waals surface area (Å²) in [6.45, 7) is 6.79. The molecule has 0 aliphatic carbocycles. The normalized spacial score (nSPS) is 16.8. The standard InChI is InChI=1S/C24H35BN4O8/c1-13(2)19(27-22(33)16-9-7-15(8-10-16)21(32)26-12-18(30)31)24(35)29-11-5-6-17(29)23(34)28-20(14(3)4)25(36)37/h7-10,13-14,17,19-20,36-37H,5-6,11-12H2,1-4H3,(H,26,32)(H,27,33)(H,28,34)(H,30,31)/t17?,19?,20-/m0/s1. The number of nitrogens with zero attached hydrogens (tertiary/aromatic N) is 1. The third-order valence-corrected chi connectivity index (χ3v) is 6.22. The first-order valence-corrected chi connectivity index (χ1v) is 12.2. The van der Waals surface area contributed by atoms with Gasteiger partial charge in [0.1, 0.15) is 18.6 Å². The lowest BCUT2D eigenvalue weighted by molar-refractivity contribution is -0.140. The summed E-state index contributed by atoms with van der Waals surface area (Å²) in [6, 6.07) is 3.81. The number of nitrogens with one attached hydrogen (secondary N) is 3. The van der Waals surface area contributed by atoms with Crippen molar-refractivity contribution in [2.75, 3.05) is 13.1 Å². The molecule has 1 fully saturated rings. The molecule has 1 aromatic rings. The Morgan fingerprint density at radius 3 is 2.00 bits per heavy atom. The number of amides is 4. The molecule has 12 nitrogen and oxygen atoms in total. The van der Waals surface area contributed by atoms with E-state index in [0.29, 0.717) is 19.4 Å². The number of hydrogen-bond donors (Lipinski definition) is 6. The maximum Gasteiger partial charge on any atom is 0.475 e. The van der Waals surface area contributed by atoms with E-state index in [2.05, 4.69) is 16.0 Å². The molecule has 13 heteroatoms. The monoisotopic (exact) mass is 518 g/mol. The van der Waals surface area contributed by atoms with Crippen LogP contribution in [-0.4, -0.2) is 87.9 Å². The van der Waals surface area contributed by atoms with Crippen LogP contribution < -0.4 is 16.0 Å². The van der Waals surface area contributed by atoms with Crippen LogP contribution in [0.15, 0.2) is 24.3 Å². The molecule has 4 amide bonds. The topological polar surface area (TPSA) is 185 Å². The molecule has 1 aliphatic heterocycles. The molecule has 202 valence electrons. The summed E-state index contributed by atoms with van der Waals surface area (Å²) in [5.41, 5.74) is 0.369. The zero-order chi connectivity index (χ0) is 27.9. The summed E-state index contributed by atoms with van der Waals surface area (Å²) >= 11 is 0. The largest absolute Gasteiger partial charge is 0.480 e. The van der Waals surface area contributed by atoms with Crippen LogP contribution in [0.5, 0.6) is 0 Å². The smallest absolute Gasteiger partial charge is 0.475 e. The lowest BCUT2D eigenvalue weighted by Crippen LogP contribution is -2.58. The van der Waals surface area contributed by atoms with E-state index in [1.807, 2.05) is 0 Å². The number of likely N-dealkylation sites (tertiary alicyclic amines) is 1. The van der Waals surface area contributed by atoms with Crippen molar-refractivity contribution in [1.29, 1.82) is 0 Å². The Hall–Kier alpha value is -3.45. The van der Waals surface area contributed by atoms with E-state index < -0.39 is 61.3 Å². The van der Waals surface area contributed by atoms with Crippen LogP contribution in [0.4, 0.5) is 0 Å². The van der Waals surface area contributed by atoms with Crippen LogP contribution in [0.3, 0.4) is 0 Å². The van der Waals surface area contributed by atoms with E-state index in [4.69, 9.17) is 5.11 Å². The number of hydrogen-bond acceptors (Lipinski definition) is 7. The highest BCUT2D eigenvalue weighted by Crippen LogP contribution is 2.21. The van der Waals surface area contributed by atoms with Crippen molar-refractivity contribution in [3.8, 4) is 0 Å². The van der Waals surface area contributed by atoms with Gasteiger partial charge < -0.3 is 36.0 Å². The average molecular weight is 518 g/mol. The van der Waals surface area contributed by atoms with Crippen LogP contribution in [0.2, 0.25) is 0 Å². The molecule has 6 N–H and O–H groups in total. The Morgan fingerprint density at radius 1 is 0.946 bits per heavy atom. The first-order chi connectivity index (χ1) is 17.3. The van der Waals surface area contributed by atoms with Gasteiger partial charge in [-0.15, -0.1) is 0 Å². The van der Waals surface area contributed by atoms with Gasteiger partial charge in [0.25, 0.3) is 11.8 Å². The maximum atomic E-state index is 13.4. The zero-order valence-corrected chi connectivity index (χ0v) is 21.4. The molecule has 0 bridgehead atoms. The summed E-state index contributed by atoms with van der Waals surface area (Å²) in [6.07, 6.45) is 0.996. The molecule has 1 aliphatic rings. The van der Waals surface area contributed by atoms with Gasteiger partial charge in [0.15, 0.2) is 0 Å². The highest BCUT2D eigenvalue weighted by atomic mass is 16.4. The minimum absolute atomic E-state index is 0.174. The van der Waals surface area contributed by atoms with Crippen molar-refractivity contribution in [2.45, 2.75) is 58.6 Å². The molecule has 3 atom stereocenters. The number of carboxylic acids is 1. The van der Waals surface area contributed by atoms with Crippen LogP contribution in [0, 0.1) is 11.8 Å². The van der Waals surface area contributed by atoms with Gasteiger partial charge in [-0.3, -0.25) is 24.0 Å². The zero-order valence-electron chi connectivity index (χ0n) is 21.4. The average Bonchev–Trinajstić information content (AvgIpc) is 3.33. The summed E-state index contributed by atoms with van der Waals surface area (Å²) in [5, 5.41) is 35.4. The van der Waals surface area contributed by atoms with Gasteiger partial charge in [0.05, 0.1) is 5.94 Å². The summed E-state index contributed by atoms with van der Waals surface area (Å²) < 4.78 is 0. The number of carbonyl (C=O) groups excluding carboxylic acids is 4. The van der Waals surface area contributed by atoms with Crippen molar-refractivity contribution in [2.24, 2.45) is 11.8 Å². The fourth-order valence-electron chi connectivity index (χ4n) is 4.10. The Balaban J connectivity index is 2.10. The predicted molar refractivity (Wildman–Crippen MR) is 134 cm³/mol. The maximum absolute atomic E-state index is 13.4. The number of carbonyl (C=O) groups is 5. The minimum Gasteiger partial charge on any atom is -0.480 e. The highest BCUT2D eigenvalue weighted by molar-refractivity contribution is 6.43. The minimum atomic E-state index is -1.74. The first-order valence-electron chi connectivity index (χ1n) is 12.2.